The van der Waals surface area contributed by atoms with Crippen molar-refractivity contribution in [2.75, 3.05) is 19.7 Å². The number of hydrogen-bond donors (Lipinski definition) is 1. The third-order valence-corrected chi connectivity index (χ3v) is 2.68. The molecule has 0 atom stereocenters. The molecule has 86 valence electrons. The predicted molar refractivity (Wildman–Crippen MR) is 55.3 cm³/mol. The van der Waals surface area contributed by atoms with Crippen LogP contribution in [0, 0.1) is 0 Å². The lowest BCUT2D eigenvalue weighted by Crippen LogP contribution is -2.45. The number of carbonyl (C=O) groups excluding carboxylic acids is 2. The van der Waals surface area contributed by atoms with Crippen LogP contribution >= 0.6 is 0 Å². The molecule has 0 bridgehead atoms. The number of rotatable bonds is 4. The van der Waals surface area contributed by atoms with E-state index in [1.54, 1.807) is 13.8 Å². The molecule has 1 aliphatic heterocycles. The largest absolute Gasteiger partial charge is 0.395 e. The summed E-state index contributed by atoms with van der Waals surface area (Å²) >= 11 is 0. The molecule has 0 aliphatic carbocycles. The minimum absolute atomic E-state index is 0.123. The SMILES string of the molecule is CCCN1C(=O)N(CCO)C(C)(C)C1=O. The highest BCUT2D eigenvalue weighted by atomic mass is 16.3. The van der Waals surface area contributed by atoms with Gasteiger partial charge < -0.3 is 10.0 Å². The fraction of sp³-hybridized carbons (Fsp3) is 0.800. The maximum atomic E-state index is 11.9. The van der Waals surface area contributed by atoms with Crippen LogP contribution in [-0.4, -0.2) is 52.1 Å². The molecule has 1 fully saturated rings. The zero-order chi connectivity index (χ0) is 11.6. The quantitative estimate of drug-likeness (QED) is 0.690. The summed E-state index contributed by atoms with van der Waals surface area (Å²) in [5.74, 6) is -0.178. The van der Waals surface area contributed by atoms with Crippen molar-refractivity contribution in [2.24, 2.45) is 0 Å². The Bertz CT molecular complexity index is 276. The summed E-state index contributed by atoms with van der Waals surface area (Å²) in [6, 6.07) is -0.291. The molecule has 0 saturated carbocycles. The van der Waals surface area contributed by atoms with Crippen LogP contribution in [0.4, 0.5) is 4.79 Å². The van der Waals surface area contributed by atoms with Gasteiger partial charge in [-0.05, 0) is 20.3 Å². The monoisotopic (exact) mass is 214 g/mol. The van der Waals surface area contributed by atoms with Gasteiger partial charge in [0.15, 0.2) is 0 Å². The predicted octanol–water partition coefficient (Wildman–Crippen LogP) is 0.432. The van der Waals surface area contributed by atoms with E-state index in [4.69, 9.17) is 5.11 Å². The fourth-order valence-electron chi connectivity index (χ4n) is 1.81. The van der Waals surface area contributed by atoms with E-state index < -0.39 is 5.54 Å². The van der Waals surface area contributed by atoms with Gasteiger partial charge in [0.25, 0.3) is 5.91 Å². The summed E-state index contributed by atoms with van der Waals surface area (Å²) < 4.78 is 0. The smallest absolute Gasteiger partial charge is 0.327 e. The van der Waals surface area contributed by atoms with Crippen molar-refractivity contribution in [3.05, 3.63) is 0 Å². The molecule has 0 radical (unpaired) electrons. The van der Waals surface area contributed by atoms with Gasteiger partial charge in [0.1, 0.15) is 5.54 Å². The third-order valence-electron chi connectivity index (χ3n) is 2.68. The van der Waals surface area contributed by atoms with Crippen LogP contribution in [0.2, 0.25) is 0 Å². The Morgan fingerprint density at radius 1 is 1.27 bits per heavy atom. The second-order valence-electron chi connectivity index (χ2n) is 4.17. The number of aliphatic hydroxyl groups excluding tert-OH is 1. The Balaban J connectivity index is 2.92. The van der Waals surface area contributed by atoms with Crippen LogP contribution in [-0.2, 0) is 4.79 Å². The van der Waals surface area contributed by atoms with E-state index in [0.29, 0.717) is 6.54 Å². The molecule has 1 heterocycles. The van der Waals surface area contributed by atoms with Gasteiger partial charge in [0.2, 0.25) is 0 Å². The number of hydrogen-bond acceptors (Lipinski definition) is 3. The second kappa shape index (κ2) is 4.18. The lowest BCUT2D eigenvalue weighted by molar-refractivity contribution is -0.131. The molecule has 1 N–H and O–H groups in total. The van der Waals surface area contributed by atoms with Crippen molar-refractivity contribution in [3.63, 3.8) is 0 Å². The van der Waals surface area contributed by atoms with Crippen LogP contribution in [0.5, 0.6) is 0 Å². The molecule has 0 aromatic carbocycles. The average Bonchev–Trinajstić information content (AvgIpc) is 2.33. The van der Waals surface area contributed by atoms with E-state index in [1.165, 1.54) is 9.80 Å². The Labute approximate surface area is 89.7 Å². The standard InChI is InChI=1S/C10H18N2O3/c1-4-5-11-8(14)10(2,3)12(6-7-13)9(11)15/h13H,4-7H2,1-3H3. The zero-order valence-electron chi connectivity index (χ0n) is 9.49. The molecule has 0 aromatic rings. The molecule has 1 rings (SSSR count). The van der Waals surface area contributed by atoms with Crippen molar-refractivity contribution >= 4 is 11.9 Å². The summed E-state index contributed by atoms with van der Waals surface area (Å²) in [6.07, 6.45) is 0.751. The number of aliphatic hydroxyl groups is 1. The maximum absolute atomic E-state index is 11.9. The van der Waals surface area contributed by atoms with E-state index in [9.17, 15) is 9.59 Å². The number of β-amino-alcohol motifs (C(OH)–C–C–N with tert-alkyl or cyclic N) is 1. The van der Waals surface area contributed by atoms with E-state index >= 15 is 0 Å². The summed E-state index contributed by atoms with van der Waals surface area (Å²) in [6.45, 7) is 5.86. The van der Waals surface area contributed by atoms with Crippen molar-refractivity contribution in [3.8, 4) is 0 Å². The van der Waals surface area contributed by atoms with Gasteiger partial charge in [-0.25, -0.2) is 4.79 Å². The normalized spacial score (nSPS) is 20.3. The Morgan fingerprint density at radius 2 is 1.87 bits per heavy atom. The van der Waals surface area contributed by atoms with Crippen molar-refractivity contribution in [2.45, 2.75) is 32.7 Å². The summed E-state index contributed by atoms with van der Waals surface area (Å²) in [5, 5.41) is 8.86. The zero-order valence-corrected chi connectivity index (χ0v) is 9.49. The van der Waals surface area contributed by atoms with Crippen LogP contribution in [0.25, 0.3) is 0 Å². The number of urea groups is 1. The van der Waals surface area contributed by atoms with Gasteiger partial charge in [-0.15, -0.1) is 0 Å². The summed E-state index contributed by atoms with van der Waals surface area (Å²) in [4.78, 5) is 26.4. The third kappa shape index (κ3) is 1.84. The Kier molecular flexibility index (Phi) is 3.34. The highest BCUT2D eigenvalue weighted by Crippen LogP contribution is 2.27. The molecule has 0 spiro atoms. The Morgan fingerprint density at radius 3 is 2.33 bits per heavy atom. The van der Waals surface area contributed by atoms with Crippen molar-refractivity contribution in [1.29, 1.82) is 0 Å². The fourth-order valence-corrected chi connectivity index (χ4v) is 1.81. The van der Waals surface area contributed by atoms with E-state index in [2.05, 4.69) is 0 Å². The second-order valence-corrected chi connectivity index (χ2v) is 4.17. The van der Waals surface area contributed by atoms with Gasteiger partial charge in [-0.2, -0.15) is 0 Å². The number of imide groups is 1. The maximum Gasteiger partial charge on any atom is 0.327 e. The topological polar surface area (TPSA) is 60.9 Å². The average molecular weight is 214 g/mol. The molecular weight excluding hydrogens is 196 g/mol. The lowest BCUT2D eigenvalue weighted by atomic mass is 10.0. The molecule has 15 heavy (non-hydrogen) atoms. The lowest BCUT2D eigenvalue weighted by Gasteiger charge is -2.26. The molecule has 0 unspecified atom stereocenters. The van der Waals surface area contributed by atoms with Gasteiger partial charge in [-0.1, -0.05) is 6.92 Å². The van der Waals surface area contributed by atoms with Gasteiger partial charge in [-0.3, -0.25) is 9.69 Å². The van der Waals surface area contributed by atoms with Gasteiger partial charge >= 0.3 is 6.03 Å². The van der Waals surface area contributed by atoms with Crippen LogP contribution in [0.1, 0.15) is 27.2 Å². The summed E-state index contributed by atoms with van der Waals surface area (Å²) in [7, 11) is 0. The minimum Gasteiger partial charge on any atom is -0.395 e. The molecule has 1 aliphatic rings. The first-order valence-corrected chi connectivity index (χ1v) is 5.21. The van der Waals surface area contributed by atoms with E-state index in [-0.39, 0.29) is 25.1 Å². The Hall–Kier alpha value is -1.10. The first-order chi connectivity index (χ1) is 6.96. The van der Waals surface area contributed by atoms with Crippen molar-refractivity contribution < 1.29 is 14.7 Å². The first-order valence-electron chi connectivity index (χ1n) is 5.21. The highest BCUT2D eigenvalue weighted by molar-refractivity contribution is 6.06. The van der Waals surface area contributed by atoms with Gasteiger partial charge in [0.05, 0.1) is 6.61 Å². The van der Waals surface area contributed by atoms with Crippen LogP contribution < -0.4 is 0 Å². The van der Waals surface area contributed by atoms with Crippen LogP contribution in [0.3, 0.4) is 0 Å². The van der Waals surface area contributed by atoms with E-state index in [1.807, 2.05) is 6.92 Å². The van der Waals surface area contributed by atoms with Crippen LogP contribution in [0.15, 0.2) is 0 Å². The number of amides is 3. The molecule has 1 saturated heterocycles. The van der Waals surface area contributed by atoms with E-state index in [0.717, 1.165) is 6.42 Å². The van der Waals surface area contributed by atoms with Crippen molar-refractivity contribution in [1.82, 2.24) is 9.80 Å². The molecule has 5 heteroatoms. The highest BCUT2D eigenvalue weighted by Gasteiger charge is 2.50. The minimum atomic E-state index is -0.824. The number of carbonyl (C=O) groups is 2. The summed E-state index contributed by atoms with van der Waals surface area (Å²) in [5.41, 5.74) is -0.824. The molecule has 5 nitrogen and oxygen atoms in total. The van der Waals surface area contributed by atoms with Gasteiger partial charge in [0, 0.05) is 13.1 Å². The first kappa shape index (κ1) is 12.0. The molecule has 0 aromatic heterocycles. The molecule has 3 amide bonds. The number of nitrogens with zero attached hydrogens (tertiary/aromatic N) is 2. The molecular formula is C10H18N2O3.